The molecule has 1 aromatic heterocycles. The number of aromatic amines is 1. The number of benzene rings is 1. The lowest BCUT2D eigenvalue weighted by molar-refractivity contribution is -0.129. The zero-order valence-corrected chi connectivity index (χ0v) is 14.7. The van der Waals surface area contributed by atoms with Crippen LogP contribution in [0.4, 0.5) is 14.5 Å². The van der Waals surface area contributed by atoms with Crippen LogP contribution in [0.15, 0.2) is 24.4 Å². The molecular formula is C17H19F2N5O4. The fraction of sp³-hybridized carbons (Fsp3) is 0.294. The van der Waals surface area contributed by atoms with Gasteiger partial charge in [-0.1, -0.05) is 12.5 Å². The normalized spacial score (nSPS) is 10.4. The van der Waals surface area contributed by atoms with Crippen molar-refractivity contribution in [3.05, 3.63) is 47.3 Å². The molecule has 0 bridgehead atoms. The van der Waals surface area contributed by atoms with Gasteiger partial charge in [0, 0.05) is 13.0 Å². The molecule has 0 atom stereocenters. The van der Waals surface area contributed by atoms with Crippen molar-refractivity contribution in [3.63, 3.8) is 0 Å². The van der Waals surface area contributed by atoms with Crippen molar-refractivity contribution in [2.24, 2.45) is 0 Å². The van der Waals surface area contributed by atoms with E-state index < -0.39 is 34.9 Å². The first-order valence-corrected chi connectivity index (χ1v) is 8.44. The van der Waals surface area contributed by atoms with Crippen LogP contribution in [0, 0.1) is 11.6 Å². The van der Waals surface area contributed by atoms with Gasteiger partial charge in [-0.15, -0.1) is 0 Å². The highest BCUT2D eigenvalue weighted by Gasteiger charge is 2.21. The number of carbonyl (C=O) groups is 3. The molecule has 0 spiro atoms. The Morgan fingerprint density at radius 1 is 1.07 bits per heavy atom. The average molecular weight is 395 g/mol. The number of anilines is 1. The summed E-state index contributed by atoms with van der Waals surface area (Å²) in [5.74, 6) is -4.14. The second-order valence-electron chi connectivity index (χ2n) is 5.81. The summed E-state index contributed by atoms with van der Waals surface area (Å²) < 4.78 is 27.4. The number of halogens is 2. The van der Waals surface area contributed by atoms with E-state index in [0.29, 0.717) is 25.8 Å². The Labute approximate surface area is 158 Å². The van der Waals surface area contributed by atoms with Gasteiger partial charge in [0.1, 0.15) is 22.9 Å². The number of hydroxylamine groups is 1. The third kappa shape index (κ3) is 5.58. The van der Waals surface area contributed by atoms with Gasteiger partial charge in [-0.3, -0.25) is 24.7 Å². The highest BCUT2D eigenvalue weighted by Crippen LogP contribution is 2.17. The summed E-state index contributed by atoms with van der Waals surface area (Å²) in [4.78, 5) is 35.2. The molecule has 3 amide bonds. The first kappa shape index (κ1) is 21.0. The van der Waals surface area contributed by atoms with E-state index in [4.69, 9.17) is 5.21 Å². The van der Waals surface area contributed by atoms with Crippen molar-refractivity contribution < 1.29 is 28.4 Å². The lowest BCUT2D eigenvalue weighted by atomic mass is 10.1. The van der Waals surface area contributed by atoms with Crippen molar-refractivity contribution in [1.29, 1.82) is 0 Å². The molecule has 0 aliphatic carbocycles. The van der Waals surface area contributed by atoms with E-state index in [1.165, 1.54) is 5.48 Å². The molecule has 0 fully saturated rings. The average Bonchev–Trinajstić information content (AvgIpc) is 3.12. The minimum absolute atomic E-state index is 0.0234. The van der Waals surface area contributed by atoms with Crippen molar-refractivity contribution in [3.8, 4) is 0 Å². The van der Waals surface area contributed by atoms with E-state index in [9.17, 15) is 23.2 Å². The van der Waals surface area contributed by atoms with Crippen molar-refractivity contribution in [1.82, 2.24) is 21.0 Å². The number of amides is 3. The summed E-state index contributed by atoms with van der Waals surface area (Å²) in [6.45, 7) is 0.300. The maximum absolute atomic E-state index is 13.7. The molecule has 0 unspecified atom stereocenters. The Morgan fingerprint density at radius 3 is 2.46 bits per heavy atom. The molecule has 1 heterocycles. The number of nitrogens with zero attached hydrogens (tertiary/aromatic N) is 1. The van der Waals surface area contributed by atoms with Crippen LogP contribution < -0.4 is 16.1 Å². The standard InChI is InChI=1S/C17H19F2N5O4/c18-10-5-4-6-11(19)14(10)16(26)22-12-9-21-23-15(12)17(27)20-8-3-1-2-7-13(25)24-28/h4-6,9,28H,1-3,7-8H2,(H,20,27)(H,21,23)(H,22,26)(H,24,25). The fourth-order valence-electron chi connectivity index (χ4n) is 2.39. The van der Waals surface area contributed by atoms with Gasteiger partial charge in [0.2, 0.25) is 5.91 Å². The predicted octanol–water partition coefficient (Wildman–Crippen LogP) is 1.74. The number of rotatable bonds is 9. The number of unbranched alkanes of at least 4 members (excludes halogenated alkanes) is 2. The van der Waals surface area contributed by atoms with Gasteiger partial charge < -0.3 is 10.6 Å². The molecule has 150 valence electrons. The Bertz CT molecular complexity index is 836. The number of hydrogen-bond donors (Lipinski definition) is 5. The number of carbonyl (C=O) groups excluding carboxylic acids is 3. The van der Waals surface area contributed by atoms with E-state index in [2.05, 4.69) is 20.8 Å². The van der Waals surface area contributed by atoms with Gasteiger partial charge in [-0.05, 0) is 25.0 Å². The monoisotopic (exact) mass is 395 g/mol. The number of nitrogens with one attached hydrogen (secondary N) is 4. The molecule has 5 N–H and O–H groups in total. The summed E-state index contributed by atoms with van der Waals surface area (Å²) in [6.07, 6.45) is 3.10. The fourth-order valence-corrected chi connectivity index (χ4v) is 2.39. The van der Waals surface area contributed by atoms with E-state index in [1.54, 1.807) is 0 Å². The minimum Gasteiger partial charge on any atom is -0.351 e. The Morgan fingerprint density at radius 2 is 1.79 bits per heavy atom. The van der Waals surface area contributed by atoms with E-state index in [-0.39, 0.29) is 17.8 Å². The second kappa shape index (κ2) is 10.1. The zero-order valence-electron chi connectivity index (χ0n) is 14.7. The van der Waals surface area contributed by atoms with Crippen LogP contribution in [0.5, 0.6) is 0 Å². The number of aromatic nitrogens is 2. The van der Waals surface area contributed by atoms with Crippen LogP contribution in [0.1, 0.15) is 46.5 Å². The molecule has 28 heavy (non-hydrogen) atoms. The lowest BCUT2D eigenvalue weighted by Gasteiger charge is -2.08. The molecule has 0 saturated carbocycles. The SMILES string of the molecule is O=C(CCCCCNC(=O)c1[nH]ncc1NC(=O)c1c(F)cccc1F)NO. The Balaban J connectivity index is 1.88. The Hall–Kier alpha value is -3.34. The van der Waals surface area contributed by atoms with Gasteiger partial charge in [-0.2, -0.15) is 5.10 Å². The van der Waals surface area contributed by atoms with Crippen LogP contribution in [0.2, 0.25) is 0 Å². The highest BCUT2D eigenvalue weighted by atomic mass is 19.1. The molecule has 9 nitrogen and oxygen atoms in total. The lowest BCUT2D eigenvalue weighted by Crippen LogP contribution is -2.26. The zero-order chi connectivity index (χ0) is 20.5. The van der Waals surface area contributed by atoms with E-state index in [0.717, 1.165) is 24.4 Å². The predicted molar refractivity (Wildman–Crippen MR) is 93.6 cm³/mol. The van der Waals surface area contributed by atoms with E-state index in [1.807, 2.05) is 0 Å². The molecule has 0 aliphatic rings. The van der Waals surface area contributed by atoms with Crippen LogP contribution in [-0.2, 0) is 4.79 Å². The highest BCUT2D eigenvalue weighted by molar-refractivity contribution is 6.08. The van der Waals surface area contributed by atoms with Crippen molar-refractivity contribution in [2.75, 3.05) is 11.9 Å². The number of hydrogen-bond acceptors (Lipinski definition) is 5. The summed E-state index contributed by atoms with van der Waals surface area (Å²) in [5.41, 5.74) is 0.681. The van der Waals surface area contributed by atoms with Crippen molar-refractivity contribution in [2.45, 2.75) is 25.7 Å². The topological polar surface area (TPSA) is 136 Å². The third-order valence-corrected chi connectivity index (χ3v) is 3.80. The molecule has 11 heteroatoms. The molecule has 0 aliphatic heterocycles. The first-order chi connectivity index (χ1) is 13.4. The van der Waals surface area contributed by atoms with Crippen LogP contribution in [-0.4, -0.2) is 39.7 Å². The van der Waals surface area contributed by atoms with Crippen LogP contribution in [0.25, 0.3) is 0 Å². The van der Waals surface area contributed by atoms with Gasteiger partial charge in [-0.25, -0.2) is 14.3 Å². The van der Waals surface area contributed by atoms with Gasteiger partial charge in [0.15, 0.2) is 0 Å². The molecule has 1 aromatic carbocycles. The quantitative estimate of drug-likeness (QED) is 0.250. The second-order valence-corrected chi connectivity index (χ2v) is 5.81. The molecule has 0 saturated heterocycles. The smallest absolute Gasteiger partial charge is 0.271 e. The van der Waals surface area contributed by atoms with Gasteiger partial charge in [0.25, 0.3) is 11.8 Å². The van der Waals surface area contributed by atoms with E-state index >= 15 is 0 Å². The van der Waals surface area contributed by atoms with Crippen LogP contribution in [0.3, 0.4) is 0 Å². The third-order valence-electron chi connectivity index (χ3n) is 3.80. The Kier molecular flexibility index (Phi) is 7.57. The van der Waals surface area contributed by atoms with Gasteiger partial charge >= 0.3 is 0 Å². The maximum Gasteiger partial charge on any atom is 0.271 e. The molecular weight excluding hydrogens is 376 g/mol. The molecule has 2 aromatic rings. The van der Waals surface area contributed by atoms with Crippen molar-refractivity contribution >= 4 is 23.4 Å². The maximum atomic E-state index is 13.7. The first-order valence-electron chi connectivity index (χ1n) is 8.44. The van der Waals surface area contributed by atoms with Gasteiger partial charge in [0.05, 0.1) is 11.9 Å². The summed E-state index contributed by atoms with van der Waals surface area (Å²) in [5, 5.41) is 19.3. The van der Waals surface area contributed by atoms with Crippen LogP contribution >= 0.6 is 0 Å². The minimum atomic E-state index is -1.05. The summed E-state index contributed by atoms with van der Waals surface area (Å²) in [7, 11) is 0. The summed E-state index contributed by atoms with van der Waals surface area (Å²) >= 11 is 0. The summed E-state index contributed by atoms with van der Waals surface area (Å²) in [6, 6.07) is 3.03. The molecule has 0 radical (unpaired) electrons. The number of H-pyrrole nitrogens is 1. The molecule has 2 rings (SSSR count). The largest absolute Gasteiger partial charge is 0.351 e.